The van der Waals surface area contributed by atoms with Crippen LogP contribution in [0.5, 0.6) is 5.75 Å². The minimum Gasteiger partial charge on any atom is -0.495 e. The Hall–Kier alpha value is -1.20. The van der Waals surface area contributed by atoms with E-state index in [0.717, 1.165) is 34.4 Å². The summed E-state index contributed by atoms with van der Waals surface area (Å²) in [5.74, 6) is 0.864. The van der Waals surface area contributed by atoms with Gasteiger partial charge >= 0.3 is 0 Å². The third-order valence-electron chi connectivity index (χ3n) is 3.67. The lowest BCUT2D eigenvalue weighted by atomic mass is 10.2. The van der Waals surface area contributed by atoms with Gasteiger partial charge in [0.25, 0.3) is 5.56 Å². The molecule has 4 aromatic rings. The van der Waals surface area contributed by atoms with Crippen molar-refractivity contribution < 1.29 is 4.74 Å². The normalized spacial score (nSPS) is 12.4. The van der Waals surface area contributed by atoms with Gasteiger partial charge in [-0.2, -0.15) is 0 Å². The summed E-state index contributed by atoms with van der Waals surface area (Å²) < 4.78 is 9.79. The van der Waals surface area contributed by atoms with Gasteiger partial charge in [-0.15, -0.1) is 0 Å². The third kappa shape index (κ3) is 2.62. The van der Waals surface area contributed by atoms with Crippen molar-refractivity contribution in [2.24, 2.45) is 0 Å². The summed E-state index contributed by atoms with van der Waals surface area (Å²) in [6.45, 7) is 0. The van der Waals surface area contributed by atoms with Gasteiger partial charge in [0.1, 0.15) is 5.75 Å². The summed E-state index contributed by atoms with van der Waals surface area (Å²) in [5.41, 5.74) is 2.66. The molecule has 0 aliphatic rings. The molecule has 0 N–H and O–H groups in total. The smallest absolute Gasteiger partial charge is 0.274 e. The van der Waals surface area contributed by atoms with Crippen LogP contribution >= 0.6 is 56.5 Å². The molecular formula is C17H10I2N2O2S. The number of hydrogen-bond acceptors (Lipinski definition) is 4. The highest BCUT2D eigenvalue weighted by atomic mass is 127. The van der Waals surface area contributed by atoms with Gasteiger partial charge in [-0.1, -0.05) is 23.5 Å². The van der Waals surface area contributed by atoms with E-state index in [2.05, 4.69) is 50.2 Å². The first-order valence-corrected chi connectivity index (χ1v) is 10.0. The van der Waals surface area contributed by atoms with Crippen LogP contribution in [0.4, 0.5) is 0 Å². The number of para-hydroxylation sites is 2. The number of ether oxygens (including phenoxy) is 1. The Bertz CT molecular complexity index is 1170. The fourth-order valence-electron chi connectivity index (χ4n) is 2.62. The molecular weight excluding hydrogens is 550 g/mol. The summed E-state index contributed by atoms with van der Waals surface area (Å²) in [4.78, 5) is 18.0. The molecule has 2 heterocycles. The average molecular weight is 560 g/mol. The Labute approximate surface area is 168 Å². The summed E-state index contributed by atoms with van der Waals surface area (Å²) in [7, 11) is 1.66. The fraction of sp³-hybridized carbons (Fsp3) is 0.0588. The van der Waals surface area contributed by atoms with Crippen LogP contribution in [0.2, 0.25) is 0 Å². The van der Waals surface area contributed by atoms with Gasteiger partial charge in [-0.05, 0) is 81.1 Å². The Morgan fingerprint density at radius 3 is 2.62 bits per heavy atom. The molecule has 0 aliphatic heterocycles. The van der Waals surface area contributed by atoms with Gasteiger partial charge < -0.3 is 4.74 Å². The molecule has 0 spiro atoms. The Balaban J connectivity index is 1.95. The van der Waals surface area contributed by atoms with E-state index in [1.807, 2.05) is 42.5 Å². The third-order valence-corrected chi connectivity index (χ3v) is 6.24. The monoisotopic (exact) mass is 560 g/mol. The van der Waals surface area contributed by atoms with E-state index in [9.17, 15) is 4.79 Å². The summed E-state index contributed by atoms with van der Waals surface area (Å²) in [5, 5.41) is 0. The molecule has 0 saturated heterocycles. The lowest BCUT2D eigenvalue weighted by Crippen LogP contribution is -2.22. The maximum atomic E-state index is 12.8. The van der Waals surface area contributed by atoms with Gasteiger partial charge in [0.15, 0.2) is 4.96 Å². The van der Waals surface area contributed by atoms with Gasteiger partial charge in [0.2, 0.25) is 0 Å². The molecule has 0 aliphatic carbocycles. The molecule has 0 fully saturated rings. The van der Waals surface area contributed by atoms with E-state index in [1.165, 1.54) is 11.3 Å². The molecule has 4 rings (SSSR count). The molecule has 0 radical (unpaired) electrons. The van der Waals surface area contributed by atoms with E-state index < -0.39 is 0 Å². The molecule has 0 atom stereocenters. The number of imidazole rings is 1. The molecule has 2 aromatic heterocycles. The van der Waals surface area contributed by atoms with Crippen molar-refractivity contribution in [3.05, 3.63) is 64.0 Å². The molecule has 4 nitrogen and oxygen atoms in total. The minimum atomic E-state index is -0.0236. The van der Waals surface area contributed by atoms with Gasteiger partial charge in [-0.3, -0.25) is 4.79 Å². The number of rotatable bonds is 2. The van der Waals surface area contributed by atoms with E-state index in [1.54, 1.807) is 11.5 Å². The van der Waals surface area contributed by atoms with Crippen LogP contribution in [-0.2, 0) is 0 Å². The first-order valence-electron chi connectivity index (χ1n) is 7.03. The van der Waals surface area contributed by atoms with Crippen molar-refractivity contribution in [1.82, 2.24) is 9.38 Å². The highest BCUT2D eigenvalue weighted by molar-refractivity contribution is 14.1. The standard InChI is InChI=1S/C17H10I2N2O2S/c1-23-15-10(18)6-9(7-11(15)19)8-14-16(22)21-13-5-3-2-4-12(13)20-17(21)24-14/h2-8H,1H3/b14-8-. The van der Waals surface area contributed by atoms with Crippen molar-refractivity contribution in [3.63, 3.8) is 0 Å². The van der Waals surface area contributed by atoms with E-state index >= 15 is 0 Å². The number of aromatic nitrogens is 2. The molecule has 0 amide bonds. The van der Waals surface area contributed by atoms with Crippen molar-refractivity contribution in [2.75, 3.05) is 7.11 Å². The maximum absolute atomic E-state index is 12.8. The molecule has 24 heavy (non-hydrogen) atoms. The first-order chi connectivity index (χ1) is 11.6. The average Bonchev–Trinajstić information content (AvgIpc) is 3.04. The zero-order valence-electron chi connectivity index (χ0n) is 12.4. The van der Waals surface area contributed by atoms with Gasteiger partial charge in [0, 0.05) is 0 Å². The number of methoxy groups -OCH3 is 1. The van der Waals surface area contributed by atoms with Crippen LogP contribution in [0.15, 0.2) is 41.2 Å². The van der Waals surface area contributed by atoms with Crippen LogP contribution in [0.25, 0.3) is 22.1 Å². The Morgan fingerprint density at radius 1 is 1.21 bits per heavy atom. The van der Waals surface area contributed by atoms with Gasteiger partial charge in [0.05, 0.1) is 29.8 Å². The highest BCUT2D eigenvalue weighted by Gasteiger charge is 2.11. The van der Waals surface area contributed by atoms with Crippen LogP contribution in [0.1, 0.15) is 5.56 Å². The predicted molar refractivity (Wildman–Crippen MR) is 114 cm³/mol. The van der Waals surface area contributed by atoms with Crippen molar-refractivity contribution in [1.29, 1.82) is 0 Å². The van der Waals surface area contributed by atoms with Crippen molar-refractivity contribution in [3.8, 4) is 5.75 Å². The van der Waals surface area contributed by atoms with Crippen LogP contribution in [-0.4, -0.2) is 16.5 Å². The molecule has 0 unspecified atom stereocenters. The Morgan fingerprint density at radius 2 is 1.92 bits per heavy atom. The number of halogens is 2. The predicted octanol–water partition coefficient (Wildman–Crippen LogP) is 3.67. The van der Waals surface area contributed by atoms with Crippen molar-refractivity contribution in [2.45, 2.75) is 0 Å². The van der Waals surface area contributed by atoms with Crippen LogP contribution in [0.3, 0.4) is 0 Å². The number of fused-ring (bicyclic) bond motifs is 3. The Kier molecular flexibility index (Phi) is 4.25. The number of thiazole rings is 1. The first kappa shape index (κ1) is 16.3. The number of nitrogens with zero attached hydrogens (tertiary/aromatic N) is 2. The molecule has 120 valence electrons. The van der Waals surface area contributed by atoms with E-state index in [4.69, 9.17) is 4.74 Å². The minimum absolute atomic E-state index is 0.0236. The molecule has 2 aromatic carbocycles. The molecule has 7 heteroatoms. The zero-order chi connectivity index (χ0) is 16.8. The second-order valence-corrected chi connectivity index (χ2v) is 8.49. The van der Waals surface area contributed by atoms with E-state index in [-0.39, 0.29) is 5.56 Å². The zero-order valence-corrected chi connectivity index (χ0v) is 17.5. The largest absolute Gasteiger partial charge is 0.495 e. The molecule has 0 bridgehead atoms. The van der Waals surface area contributed by atoms with E-state index in [0.29, 0.717) is 4.53 Å². The lowest BCUT2D eigenvalue weighted by Gasteiger charge is -2.06. The second kappa shape index (κ2) is 6.26. The van der Waals surface area contributed by atoms with Crippen LogP contribution in [0, 0.1) is 7.14 Å². The van der Waals surface area contributed by atoms with Gasteiger partial charge in [-0.25, -0.2) is 9.38 Å². The number of benzene rings is 2. The molecule has 0 saturated carbocycles. The number of hydrogen-bond donors (Lipinski definition) is 0. The summed E-state index contributed by atoms with van der Waals surface area (Å²) in [6.07, 6.45) is 1.92. The van der Waals surface area contributed by atoms with Crippen molar-refractivity contribution >= 4 is 78.6 Å². The fourth-order valence-corrected chi connectivity index (χ4v) is 5.86. The summed E-state index contributed by atoms with van der Waals surface area (Å²) in [6, 6.07) is 11.7. The quantitative estimate of drug-likeness (QED) is 0.352. The SMILES string of the molecule is COc1c(I)cc(/C=c2\sc3nc4ccccc4n3c2=O)cc1I. The topological polar surface area (TPSA) is 43.6 Å². The lowest BCUT2D eigenvalue weighted by molar-refractivity contribution is 0.409. The maximum Gasteiger partial charge on any atom is 0.274 e. The second-order valence-electron chi connectivity index (χ2n) is 5.15. The summed E-state index contributed by atoms with van der Waals surface area (Å²) >= 11 is 5.90. The van der Waals surface area contributed by atoms with Crippen LogP contribution < -0.4 is 14.8 Å². The highest BCUT2D eigenvalue weighted by Crippen LogP contribution is 2.28.